The summed E-state index contributed by atoms with van der Waals surface area (Å²) in [6.07, 6.45) is 5.41. The van der Waals surface area contributed by atoms with E-state index in [1.165, 1.54) is 29.7 Å². The van der Waals surface area contributed by atoms with E-state index in [4.69, 9.17) is 4.74 Å². The van der Waals surface area contributed by atoms with E-state index in [1.54, 1.807) is 19.1 Å². The van der Waals surface area contributed by atoms with Gasteiger partial charge in [-0.15, -0.1) is 0 Å². The Morgan fingerprint density at radius 2 is 1.70 bits per heavy atom. The molecule has 8 nitrogen and oxygen atoms in total. The predicted octanol–water partition coefficient (Wildman–Crippen LogP) is 4.49. The number of Topliss-reactive ketones (excluding diaryl/α,β-unsaturated/α-hetero) is 1. The first-order valence-electron chi connectivity index (χ1n) is 15.5. The van der Waals surface area contributed by atoms with Gasteiger partial charge in [0, 0.05) is 53.9 Å². The topological polar surface area (TPSA) is 104 Å². The summed E-state index contributed by atoms with van der Waals surface area (Å²) in [5.74, 6) is -2.52. The molecule has 2 amide bonds. The zero-order valence-corrected chi connectivity index (χ0v) is 25.0. The van der Waals surface area contributed by atoms with Crippen LogP contribution in [0.5, 0.6) is 11.5 Å². The molecule has 5 aliphatic rings. The molecule has 0 saturated carbocycles. The average Bonchev–Trinajstić information content (AvgIpc) is 3.29. The second-order valence-corrected chi connectivity index (χ2v) is 12.7. The summed E-state index contributed by atoms with van der Waals surface area (Å²) in [5.41, 5.74) is 3.62. The van der Waals surface area contributed by atoms with Crippen molar-refractivity contribution < 1.29 is 29.0 Å². The number of ether oxygens (including phenoxy) is 1. The number of phenolic OH excluding ortho intramolecular Hbond substituents is 1. The fourth-order valence-corrected chi connectivity index (χ4v) is 8.19. The van der Waals surface area contributed by atoms with Crippen molar-refractivity contribution in [3.63, 3.8) is 0 Å². The lowest BCUT2D eigenvalue weighted by molar-refractivity contribution is -0.144. The van der Waals surface area contributed by atoms with Gasteiger partial charge in [0.1, 0.15) is 11.5 Å². The van der Waals surface area contributed by atoms with Crippen molar-refractivity contribution in [2.75, 3.05) is 20.2 Å². The van der Waals surface area contributed by atoms with Gasteiger partial charge in [0.25, 0.3) is 0 Å². The van der Waals surface area contributed by atoms with Crippen molar-refractivity contribution in [3.8, 4) is 11.5 Å². The molecule has 2 fully saturated rings. The highest BCUT2D eigenvalue weighted by molar-refractivity contribution is 6.23. The van der Waals surface area contributed by atoms with Crippen LogP contribution in [0, 0.1) is 17.8 Å². The maximum Gasteiger partial charge on any atom is 0.233 e. The number of allylic oxidation sites excluding steroid dienone is 6. The molecule has 0 bridgehead atoms. The normalized spacial score (nSPS) is 27.5. The number of ketones is 2. The number of rotatable bonds is 5. The predicted molar refractivity (Wildman–Crippen MR) is 163 cm³/mol. The van der Waals surface area contributed by atoms with Crippen molar-refractivity contribution in [2.45, 2.75) is 51.1 Å². The first-order valence-corrected chi connectivity index (χ1v) is 15.5. The van der Waals surface area contributed by atoms with Crippen LogP contribution >= 0.6 is 0 Å². The van der Waals surface area contributed by atoms with Crippen LogP contribution in [-0.2, 0) is 25.7 Å². The van der Waals surface area contributed by atoms with Gasteiger partial charge in [-0.25, -0.2) is 0 Å². The van der Waals surface area contributed by atoms with Crippen LogP contribution in [0.2, 0.25) is 0 Å². The number of hydrogen-bond donors (Lipinski definition) is 1. The molecule has 44 heavy (non-hydrogen) atoms. The van der Waals surface area contributed by atoms with Crippen molar-refractivity contribution in [1.82, 2.24) is 9.80 Å². The standard InChI is InChI=1S/C36H36N2O6/c1-20-16-30(40)33-28(34(20)41)18-26-24(31(33)27-17-23(44-2)8-11-29(27)39)9-10-25-32(26)36(43)38(35(25)42)22-12-14-37(15-13-22)19-21-6-4-3-5-7-21/h3-9,11,16-17,22,25-26,31-32,39H,10,12-15,18-19H2,1-2H3. The van der Waals surface area contributed by atoms with Gasteiger partial charge in [-0.3, -0.25) is 29.0 Å². The number of imide groups is 1. The number of amides is 2. The number of hydrogen-bond acceptors (Lipinski definition) is 7. The van der Waals surface area contributed by atoms with Crippen molar-refractivity contribution >= 4 is 23.4 Å². The maximum absolute atomic E-state index is 14.3. The highest BCUT2D eigenvalue weighted by Gasteiger charge is 2.57. The van der Waals surface area contributed by atoms with Gasteiger partial charge in [0.2, 0.25) is 11.8 Å². The molecular weight excluding hydrogens is 556 g/mol. The minimum absolute atomic E-state index is 0.0180. The third-order valence-corrected chi connectivity index (χ3v) is 10.3. The van der Waals surface area contributed by atoms with Crippen LogP contribution in [0.3, 0.4) is 0 Å². The number of carbonyl (C=O) groups is 4. The lowest BCUT2D eigenvalue weighted by Gasteiger charge is -2.42. The molecule has 226 valence electrons. The lowest BCUT2D eigenvalue weighted by atomic mass is 9.59. The highest BCUT2D eigenvalue weighted by atomic mass is 16.5. The highest BCUT2D eigenvalue weighted by Crippen LogP contribution is 2.56. The second-order valence-electron chi connectivity index (χ2n) is 12.7. The lowest BCUT2D eigenvalue weighted by Crippen LogP contribution is -2.47. The Balaban J connectivity index is 1.20. The van der Waals surface area contributed by atoms with Gasteiger partial charge < -0.3 is 9.84 Å². The summed E-state index contributed by atoms with van der Waals surface area (Å²) in [5, 5.41) is 11.0. The largest absolute Gasteiger partial charge is 0.508 e. The summed E-state index contributed by atoms with van der Waals surface area (Å²) in [4.78, 5) is 59.1. The third-order valence-electron chi connectivity index (χ3n) is 10.3. The number of benzene rings is 2. The molecule has 2 heterocycles. The number of carbonyl (C=O) groups excluding carboxylic acids is 4. The summed E-state index contributed by atoms with van der Waals surface area (Å²) in [7, 11) is 1.53. The molecule has 4 atom stereocenters. The Hall–Kier alpha value is -4.30. The fourth-order valence-electron chi connectivity index (χ4n) is 8.19. The number of phenols is 1. The van der Waals surface area contributed by atoms with Gasteiger partial charge in [-0.05, 0) is 68.4 Å². The van der Waals surface area contributed by atoms with Crippen LogP contribution in [0.25, 0.3) is 0 Å². The minimum atomic E-state index is -0.709. The Bertz CT molecular complexity index is 1660. The van der Waals surface area contributed by atoms with Gasteiger partial charge in [-0.1, -0.05) is 42.0 Å². The molecule has 0 spiro atoms. The monoisotopic (exact) mass is 592 g/mol. The molecule has 4 unspecified atom stereocenters. The van der Waals surface area contributed by atoms with Crippen LogP contribution in [0.4, 0.5) is 0 Å². The maximum atomic E-state index is 14.3. The third kappa shape index (κ3) is 4.54. The van der Waals surface area contributed by atoms with E-state index < -0.39 is 23.7 Å². The number of fused-ring (bicyclic) bond motifs is 3. The first-order chi connectivity index (χ1) is 21.3. The Morgan fingerprint density at radius 1 is 0.955 bits per heavy atom. The molecule has 2 aromatic rings. The SMILES string of the molecule is COc1ccc(O)c(C2C3=CCC4C(=O)N(C5CCN(Cc6ccccc6)CC5)C(=O)C4C3CC3=C2C(=O)C=C(C)C3=O)c1. The van der Waals surface area contributed by atoms with Gasteiger partial charge >= 0.3 is 0 Å². The van der Waals surface area contributed by atoms with E-state index in [9.17, 15) is 24.3 Å². The first kappa shape index (κ1) is 28.5. The van der Waals surface area contributed by atoms with Crippen LogP contribution < -0.4 is 4.74 Å². The molecule has 0 radical (unpaired) electrons. The van der Waals surface area contributed by atoms with E-state index in [-0.39, 0.29) is 41.6 Å². The average molecular weight is 593 g/mol. The molecule has 2 aromatic carbocycles. The van der Waals surface area contributed by atoms with Crippen molar-refractivity contribution in [2.24, 2.45) is 17.8 Å². The molecule has 1 N–H and O–H groups in total. The molecule has 0 aromatic heterocycles. The number of methoxy groups -OCH3 is 1. The van der Waals surface area contributed by atoms with Crippen molar-refractivity contribution in [3.05, 3.63) is 94.1 Å². The quantitative estimate of drug-likeness (QED) is 0.310. The Kier molecular flexibility index (Phi) is 7.12. The van der Waals surface area contributed by atoms with E-state index in [0.717, 1.165) is 38.0 Å². The van der Waals surface area contributed by atoms with Crippen LogP contribution in [0.1, 0.15) is 49.7 Å². The van der Waals surface area contributed by atoms with Gasteiger partial charge in [0.15, 0.2) is 11.6 Å². The zero-order chi connectivity index (χ0) is 30.7. The Labute approximate surface area is 256 Å². The molecule has 3 aliphatic carbocycles. The van der Waals surface area contributed by atoms with E-state index in [2.05, 4.69) is 17.0 Å². The Morgan fingerprint density at radius 3 is 2.43 bits per heavy atom. The number of aromatic hydroxyl groups is 1. The van der Waals surface area contributed by atoms with Gasteiger partial charge in [-0.2, -0.15) is 0 Å². The number of likely N-dealkylation sites (tertiary alicyclic amines) is 2. The summed E-state index contributed by atoms with van der Waals surface area (Å²) in [6.45, 7) is 4.07. The zero-order valence-electron chi connectivity index (χ0n) is 25.0. The van der Waals surface area contributed by atoms with E-state index >= 15 is 0 Å². The minimum Gasteiger partial charge on any atom is -0.508 e. The second kappa shape index (κ2) is 11.0. The molecule has 8 heteroatoms. The summed E-state index contributed by atoms with van der Waals surface area (Å²) < 4.78 is 5.44. The molecule has 7 rings (SSSR count). The number of piperidine rings is 1. The smallest absolute Gasteiger partial charge is 0.233 e. The van der Waals surface area contributed by atoms with Crippen molar-refractivity contribution in [1.29, 1.82) is 0 Å². The molecule has 2 aliphatic heterocycles. The molecule has 2 saturated heterocycles. The van der Waals surface area contributed by atoms with Gasteiger partial charge in [0.05, 0.1) is 18.9 Å². The van der Waals surface area contributed by atoms with Crippen LogP contribution in [-0.4, -0.2) is 64.5 Å². The number of nitrogens with zero attached hydrogens (tertiary/aromatic N) is 2. The van der Waals surface area contributed by atoms with E-state index in [0.29, 0.717) is 34.5 Å². The fraction of sp³-hybridized carbons (Fsp3) is 0.389. The van der Waals surface area contributed by atoms with E-state index in [1.807, 2.05) is 24.3 Å². The summed E-state index contributed by atoms with van der Waals surface area (Å²) in [6, 6.07) is 15.0. The summed E-state index contributed by atoms with van der Waals surface area (Å²) >= 11 is 0. The molecular formula is C36H36N2O6. The van der Waals surface area contributed by atoms with Crippen LogP contribution in [0.15, 0.2) is 83.0 Å².